The fraction of sp³-hybridized carbons (Fsp3) is 0.333. The normalized spacial score (nSPS) is 15.1. The Labute approximate surface area is 107 Å². The standard InChI is InChI=1S/C12H11F2N3S/c1-6-4-8(10(14)5-9(6)13)11-15-16-12(18)17(11)7-2-3-7/h4-5,7H,2-3H2,1H3,(H,16,18). The third kappa shape index (κ3) is 1.77. The molecular weight excluding hydrogens is 256 g/mol. The molecule has 1 aliphatic carbocycles. The van der Waals surface area contributed by atoms with Crippen molar-refractivity contribution in [2.24, 2.45) is 0 Å². The van der Waals surface area contributed by atoms with Crippen LogP contribution in [0.25, 0.3) is 11.4 Å². The van der Waals surface area contributed by atoms with Crippen molar-refractivity contribution in [3.63, 3.8) is 0 Å². The zero-order valence-corrected chi connectivity index (χ0v) is 10.5. The van der Waals surface area contributed by atoms with Gasteiger partial charge in [0.2, 0.25) is 0 Å². The van der Waals surface area contributed by atoms with Crippen LogP contribution in [0.5, 0.6) is 0 Å². The summed E-state index contributed by atoms with van der Waals surface area (Å²) in [6.45, 7) is 1.60. The Kier molecular flexibility index (Phi) is 2.55. The molecule has 0 amide bonds. The maximum absolute atomic E-state index is 13.8. The molecule has 1 aliphatic rings. The van der Waals surface area contributed by atoms with Crippen molar-refractivity contribution in [2.75, 3.05) is 0 Å². The lowest BCUT2D eigenvalue weighted by atomic mass is 10.1. The predicted molar refractivity (Wildman–Crippen MR) is 65.8 cm³/mol. The molecule has 6 heteroatoms. The summed E-state index contributed by atoms with van der Waals surface area (Å²) in [7, 11) is 0. The van der Waals surface area contributed by atoms with Crippen molar-refractivity contribution in [2.45, 2.75) is 25.8 Å². The predicted octanol–water partition coefficient (Wildman–Crippen LogP) is 3.53. The van der Waals surface area contributed by atoms with Crippen molar-refractivity contribution in [3.05, 3.63) is 34.1 Å². The molecule has 0 saturated heterocycles. The van der Waals surface area contributed by atoms with Crippen molar-refractivity contribution in [3.8, 4) is 11.4 Å². The van der Waals surface area contributed by atoms with E-state index in [-0.39, 0.29) is 11.6 Å². The van der Waals surface area contributed by atoms with Crippen LogP contribution >= 0.6 is 12.2 Å². The number of halogens is 2. The Hall–Kier alpha value is -1.56. The summed E-state index contributed by atoms with van der Waals surface area (Å²) < 4.78 is 29.4. The zero-order valence-electron chi connectivity index (χ0n) is 9.70. The first-order valence-electron chi connectivity index (χ1n) is 5.71. The third-order valence-corrected chi connectivity index (χ3v) is 3.39. The van der Waals surface area contributed by atoms with Gasteiger partial charge in [0.1, 0.15) is 11.6 Å². The van der Waals surface area contributed by atoms with Gasteiger partial charge in [-0.15, -0.1) is 0 Å². The summed E-state index contributed by atoms with van der Waals surface area (Å²) in [5.74, 6) is -0.722. The molecule has 0 aliphatic heterocycles. The van der Waals surface area contributed by atoms with Crippen LogP contribution in [0.1, 0.15) is 24.4 Å². The summed E-state index contributed by atoms with van der Waals surface area (Å²) in [5.41, 5.74) is 0.677. The SMILES string of the molecule is Cc1cc(-c2n[nH]c(=S)n2C2CC2)c(F)cc1F. The van der Waals surface area contributed by atoms with E-state index in [1.54, 1.807) is 6.92 Å². The molecule has 2 aromatic rings. The molecule has 0 spiro atoms. The summed E-state index contributed by atoms with van der Waals surface area (Å²) in [6.07, 6.45) is 2.03. The number of aryl methyl sites for hydroxylation is 1. The highest BCUT2D eigenvalue weighted by atomic mass is 32.1. The molecule has 94 valence electrons. The first kappa shape index (κ1) is 11.5. The Bertz CT molecular complexity index is 670. The lowest BCUT2D eigenvalue weighted by molar-refractivity contribution is 0.577. The molecule has 1 saturated carbocycles. The molecule has 1 heterocycles. The van der Waals surface area contributed by atoms with E-state index in [1.807, 2.05) is 4.57 Å². The molecular formula is C12H11F2N3S. The van der Waals surface area contributed by atoms with Gasteiger partial charge in [-0.3, -0.25) is 9.67 Å². The van der Waals surface area contributed by atoms with Gasteiger partial charge < -0.3 is 0 Å². The quantitative estimate of drug-likeness (QED) is 0.844. The molecule has 1 aromatic carbocycles. The average Bonchev–Trinajstić information content (AvgIpc) is 3.08. The van der Waals surface area contributed by atoms with Crippen LogP contribution in [0.15, 0.2) is 12.1 Å². The first-order valence-corrected chi connectivity index (χ1v) is 6.11. The van der Waals surface area contributed by atoms with Crippen LogP contribution in [0.4, 0.5) is 8.78 Å². The van der Waals surface area contributed by atoms with E-state index >= 15 is 0 Å². The molecule has 0 radical (unpaired) electrons. The van der Waals surface area contributed by atoms with Crippen molar-refractivity contribution in [1.82, 2.24) is 14.8 Å². The van der Waals surface area contributed by atoms with Gasteiger partial charge in [0.15, 0.2) is 10.6 Å². The van der Waals surface area contributed by atoms with Gasteiger partial charge >= 0.3 is 0 Å². The van der Waals surface area contributed by atoms with Gasteiger partial charge in [0.25, 0.3) is 0 Å². The van der Waals surface area contributed by atoms with Gasteiger partial charge in [-0.25, -0.2) is 8.78 Å². The molecule has 3 rings (SSSR count). The van der Waals surface area contributed by atoms with Gasteiger partial charge in [0.05, 0.1) is 5.56 Å². The molecule has 0 bridgehead atoms. The lowest BCUT2D eigenvalue weighted by Gasteiger charge is -2.07. The highest BCUT2D eigenvalue weighted by Gasteiger charge is 2.28. The molecule has 1 fully saturated rings. The minimum atomic E-state index is -0.617. The Balaban J connectivity index is 2.21. The van der Waals surface area contributed by atoms with Crippen LogP contribution in [-0.2, 0) is 0 Å². The third-order valence-electron chi connectivity index (χ3n) is 3.11. The lowest BCUT2D eigenvalue weighted by Crippen LogP contribution is -2.00. The topological polar surface area (TPSA) is 33.6 Å². The van der Waals surface area contributed by atoms with Crippen molar-refractivity contribution in [1.29, 1.82) is 0 Å². The van der Waals surface area contributed by atoms with E-state index in [0.717, 1.165) is 18.9 Å². The van der Waals surface area contributed by atoms with Gasteiger partial charge in [-0.05, 0) is 43.6 Å². The monoisotopic (exact) mass is 267 g/mol. The van der Waals surface area contributed by atoms with Crippen molar-refractivity contribution >= 4 is 12.2 Å². The van der Waals surface area contributed by atoms with Gasteiger partial charge in [0, 0.05) is 12.1 Å². The van der Waals surface area contributed by atoms with Crippen LogP contribution in [0, 0.1) is 23.3 Å². The molecule has 0 unspecified atom stereocenters. The van der Waals surface area contributed by atoms with E-state index in [9.17, 15) is 8.78 Å². The first-order chi connectivity index (χ1) is 8.58. The number of hydrogen-bond acceptors (Lipinski definition) is 2. The number of nitrogens with one attached hydrogen (secondary N) is 1. The van der Waals surface area contributed by atoms with Crippen LogP contribution < -0.4 is 0 Å². The summed E-state index contributed by atoms with van der Waals surface area (Å²) in [5, 5.41) is 6.74. The Morgan fingerprint density at radius 1 is 1.33 bits per heavy atom. The maximum Gasteiger partial charge on any atom is 0.195 e. The van der Waals surface area contributed by atoms with E-state index in [1.165, 1.54) is 6.07 Å². The number of rotatable bonds is 2. The molecule has 3 nitrogen and oxygen atoms in total. The largest absolute Gasteiger partial charge is 0.297 e. The van der Waals surface area contributed by atoms with E-state index in [4.69, 9.17) is 12.2 Å². The van der Waals surface area contributed by atoms with Crippen molar-refractivity contribution < 1.29 is 8.78 Å². The van der Waals surface area contributed by atoms with E-state index in [0.29, 0.717) is 16.2 Å². The fourth-order valence-corrected chi connectivity index (χ4v) is 2.28. The second kappa shape index (κ2) is 3.98. The van der Waals surface area contributed by atoms with Gasteiger partial charge in [-0.2, -0.15) is 5.10 Å². The molecule has 1 aromatic heterocycles. The number of nitrogens with zero attached hydrogens (tertiary/aromatic N) is 2. The average molecular weight is 267 g/mol. The number of H-pyrrole nitrogens is 1. The van der Waals surface area contributed by atoms with Gasteiger partial charge in [-0.1, -0.05) is 0 Å². The summed E-state index contributed by atoms with van der Waals surface area (Å²) in [4.78, 5) is 0. The zero-order chi connectivity index (χ0) is 12.9. The van der Waals surface area contributed by atoms with Crippen LogP contribution in [0.3, 0.4) is 0 Å². The minimum absolute atomic E-state index is 0.285. The highest BCUT2D eigenvalue weighted by molar-refractivity contribution is 7.71. The number of aromatic amines is 1. The fourth-order valence-electron chi connectivity index (χ4n) is 1.99. The van der Waals surface area contributed by atoms with Crippen LogP contribution in [0.2, 0.25) is 0 Å². The molecule has 18 heavy (non-hydrogen) atoms. The number of hydrogen-bond donors (Lipinski definition) is 1. The maximum atomic E-state index is 13.8. The summed E-state index contributed by atoms with van der Waals surface area (Å²) in [6, 6.07) is 2.64. The van der Waals surface area contributed by atoms with E-state index in [2.05, 4.69) is 10.2 Å². The second-order valence-electron chi connectivity index (χ2n) is 4.53. The molecule has 0 atom stereocenters. The van der Waals surface area contributed by atoms with Crippen LogP contribution in [-0.4, -0.2) is 14.8 Å². The van der Waals surface area contributed by atoms with E-state index < -0.39 is 11.6 Å². The summed E-state index contributed by atoms with van der Waals surface area (Å²) >= 11 is 5.14. The second-order valence-corrected chi connectivity index (χ2v) is 4.92. The highest BCUT2D eigenvalue weighted by Crippen LogP contribution is 2.38. The number of benzene rings is 1. The minimum Gasteiger partial charge on any atom is -0.297 e. The Morgan fingerprint density at radius 3 is 2.72 bits per heavy atom. The Morgan fingerprint density at radius 2 is 2.06 bits per heavy atom. The molecule has 1 N–H and O–H groups in total. The number of aromatic nitrogens is 3. The smallest absolute Gasteiger partial charge is 0.195 e.